The highest BCUT2D eigenvalue weighted by Gasteiger charge is 2.15. The molecule has 0 spiro atoms. The lowest BCUT2D eigenvalue weighted by Crippen LogP contribution is -2.27. The number of rotatable bonds is 5. The van der Waals surface area contributed by atoms with E-state index in [9.17, 15) is 0 Å². The summed E-state index contributed by atoms with van der Waals surface area (Å²) >= 11 is 11.7. The molecular formula is C12H14Cl2N2O. The molecule has 1 aromatic carbocycles. The molecule has 2 aromatic rings. The number of halogens is 2. The molecular weight excluding hydrogens is 259 g/mol. The van der Waals surface area contributed by atoms with E-state index in [1.54, 1.807) is 6.07 Å². The molecule has 0 aliphatic heterocycles. The Bertz CT molecular complexity index is 498. The molecule has 2 rings (SSSR count). The van der Waals surface area contributed by atoms with Gasteiger partial charge in [0.1, 0.15) is 5.76 Å². The predicted molar refractivity (Wildman–Crippen MR) is 71.2 cm³/mol. The maximum Gasteiger partial charge on any atom is 0.152 e. The maximum atomic E-state index is 6.06. The van der Waals surface area contributed by atoms with Crippen LogP contribution in [0.5, 0.6) is 0 Å². The molecule has 1 heterocycles. The fourth-order valence-corrected chi connectivity index (χ4v) is 2.18. The second-order valence-corrected chi connectivity index (χ2v) is 4.64. The van der Waals surface area contributed by atoms with Gasteiger partial charge in [0.2, 0.25) is 0 Å². The summed E-state index contributed by atoms with van der Waals surface area (Å²) in [6.45, 7) is 0. The van der Waals surface area contributed by atoms with E-state index in [-0.39, 0.29) is 6.04 Å². The molecule has 3 nitrogen and oxygen atoms in total. The van der Waals surface area contributed by atoms with Gasteiger partial charge in [0.15, 0.2) is 5.58 Å². The standard InChI is InChI=1S/C12H14Cl2N2O/c13-6-2-5-10(16-15)11-7-8-3-1-4-9(14)12(8)17-11/h1,3-4,7,10,16H,2,5-6,15H2. The summed E-state index contributed by atoms with van der Waals surface area (Å²) < 4.78 is 5.73. The quantitative estimate of drug-likeness (QED) is 0.497. The Hall–Kier alpha value is -0.740. The van der Waals surface area contributed by atoms with Crippen molar-refractivity contribution in [1.29, 1.82) is 0 Å². The first kappa shape index (κ1) is 12.7. The molecule has 1 atom stereocenters. The molecule has 0 fully saturated rings. The number of fused-ring (bicyclic) bond motifs is 1. The topological polar surface area (TPSA) is 51.2 Å². The van der Waals surface area contributed by atoms with Crippen molar-refractivity contribution in [2.24, 2.45) is 5.84 Å². The van der Waals surface area contributed by atoms with Crippen molar-refractivity contribution in [3.63, 3.8) is 0 Å². The van der Waals surface area contributed by atoms with Crippen molar-refractivity contribution in [1.82, 2.24) is 5.43 Å². The Labute approximate surface area is 110 Å². The molecule has 0 aliphatic carbocycles. The third-order valence-electron chi connectivity index (χ3n) is 2.69. The molecule has 1 aromatic heterocycles. The zero-order valence-corrected chi connectivity index (χ0v) is 10.8. The van der Waals surface area contributed by atoms with Gasteiger partial charge in [-0.3, -0.25) is 5.84 Å². The van der Waals surface area contributed by atoms with E-state index < -0.39 is 0 Å². The summed E-state index contributed by atoms with van der Waals surface area (Å²) in [6.07, 6.45) is 1.71. The predicted octanol–water partition coefficient (Wildman–Crippen LogP) is 3.61. The molecule has 0 bridgehead atoms. The molecule has 17 heavy (non-hydrogen) atoms. The molecule has 5 heteroatoms. The van der Waals surface area contributed by atoms with Gasteiger partial charge in [-0.05, 0) is 25.0 Å². The van der Waals surface area contributed by atoms with Crippen LogP contribution < -0.4 is 11.3 Å². The highest BCUT2D eigenvalue weighted by Crippen LogP contribution is 2.30. The van der Waals surface area contributed by atoms with Crippen LogP contribution in [0.3, 0.4) is 0 Å². The highest BCUT2D eigenvalue weighted by molar-refractivity contribution is 6.34. The van der Waals surface area contributed by atoms with Gasteiger partial charge < -0.3 is 4.42 Å². The first-order chi connectivity index (χ1) is 8.26. The zero-order chi connectivity index (χ0) is 12.3. The highest BCUT2D eigenvalue weighted by atomic mass is 35.5. The molecule has 0 radical (unpaired) electrons. The first-order valence-corrected chi connectivity index (χ1v) is 6.37. The van der Waals surface area contributed by atoms with E-state index >= 15 is 0 Å². The Balaban J connectivity index is 2.31. The molecule has 0 saturated heterocycles. The smallest absolute Gasteiger partial charge is 0.152 e. The third-order valence-corrected chi connectivity index (χ3v) is 3.25. The van der Waals surface area contributed by atoms with E-state index in [0.717, 1.165) is 24.0 Å². The first-order valence-electron chi connectivity index (χ1n) is 5.46. The number of para-hydroxylation sites is 1. The summed E-state index contributed by atoms with van der Waals surface area (Å²) in [7, 11) is 0. The van der Waals surface area contributed by atoms with E-state index in [1.807, 2.05) is 18.2 Å². The van der Waals surface area contributed by atoms with E-state index in [2.05, 4.69) is 5.43 Å². The summed E-state index contributed by atoms with van der Waals surface area (Å²) in [5.41, 5.74) is 3.44. The van der Waals surface area contributed by atoms with E-state index in [1.165, 1.54) is 0 Å². The van der Waals surface area contributed by atoms with Crippen LogP contribution in [0.4, 0.5) is 0 Å². The Morgan fingerprint density at radius 2 is 2.24 bits per heavy atom. The van der Waals surface area contributed by atoms with Gasteiger partial charge in [-0.2, -0.15) is 0 Å². The van der Waals surface area contributed by atoms with Crippen LogP contribution in [0.25, 0.3) is 11.0 Å². The molecule has 0 amide bonds. The SMILES string of the molecule is NNC(CCCCl)c1cc2cccc(Cl)c2o1. The van der Waals surface area contributed by atoms with Crippen LogP contribution in [0.2, 0.25) is 5.02 Å². The number of alkyl halides is 1. The monoisotopic (exact) mass is 272 g/mol. The minimum absolute atomic E-state index is 0.0304. The van der Waals surface area contributed by atoms with Crippen molar-refractivity contribution in [2.45, 2.75) is 18.9 Å². The summed E-state index contributed by atoms with van der Waals surface area (Å²) in [5.74, 6) is 6.92. The molecule has 3 N–H and O–H groups in total. The Morgan fingerprint density at radius 1 is 1.41 bits per heavy atom. The average Bonchev–Trinajstić information content (AvgIpc) is 2.75. The van der Waals surface area contributed by atoms with Gasteiger partial charge >= 0.3 is 0 Å². The minimum Gasteiger partial charge on any atom is -0.458 e. The van der Waals surface area contributed by atoms with Crippen molar-refractivity contribution in [3.05, 3.63) is 35.0 Å². The third kappa shape index (κ3) is 2.75. The number of furan rings is 1. The van der Waals surface area contributed by atoms with Gasteiger partial charge in [0.05, 0.1) is 11.1 Å². The van der Waals surface area contributed by atoms with E-state index in [0.29, 0.717) is 16.5 Å². The van der Waals surface area contributed by atoms with Crippen molar-refractivity contribution >= 4 is 34.2 Å². The second-order valence-electron chi connectivity index (χ2n) is 3.86. The van der Waals surface area contributed by atoms with Gasteiger partial charge in [-0.1, -0.05) is 23.7 Å². The van der Waals surface area contributed by atoms with Gasteiger partial charge in [0.25, 0.3) is 0 Å². The number of hydrazine groups is 1. The van der Waals surface area contributed by atoms with Gasteiger partial charge in [-0.15, -0.1) is 11.6 Å². The normalized spacial score (nSPS) is 13.1. The Morgan fingerprint density at radius 3 is 2.88 bits per heavy atom. The molecule has 0 aliphatic rings. The number of hydrogen-bond donors (Lipinski definition) is 2. The van der Waals surface area contributed by atoms with Crippen LogP contribution in [-0.4, -0.2) is 5.88 Å². The van der Waals surface area contributed by atoms with Crippen LogP contribution in [0.15, 0.2) is 28.7 Å². The van der Waals surface area contributed by atoms with Gasteiger partial charge in [0, 0.05) is 11.3 Å². The summed E-state index contributed by atoms with van der Waals surface area (Å²) in [4.78, 5) is 0. The largest absolute Gasteiger partial charge is 0.458 e. The lowest BCUT2D eigenvalue weighted by Gasteiger charge is -2.11. The Kier molecular flexibility index (Phi) is 4.29. The number of nitrogens with two attached hydrogens (primary N) is 1. The lowest BCUT2D eigenvalue weighted by molar-refractivity contribution is 0.415. The fourth-order valence-electron chi connectivity index (χ4n) is 1.81. The minimum atomic E-state index is -0.0304. The summed E-state index contributed by atoms with van der Waals surface area (Å²) in [5, 5.41) is 1.60. The number of benzene rings is 1. The summed E-state index contributed by atoms with van der Waals surface area (Å²) in [6, 6.07) is 7.59. The van der Waals surface area contributed by atoms with Crippen LogP contribution in [0, 0.1) is 0 Å². The van der Waals surface area contributed by atoms with Crippen molar-refractivity contribution in [2.75, 3.05) is 5.88 Å². The number of hydrogen-bond acceptors (Lipinski definition) is 3. The van der Waals surface area contributed by atoms with Crippen LogP contribution in [-0.2, 0) is 0 Å². The van der Waals surface area contributed by atoms with Crippen LogP contribution in [0.1, 0.15) is 24.6 Å². The second kappa shape index (κ2) is 5.74. The molecule has 92 valence electrons. The van der Waals surface area contributed by atoms with Crippen LogP contribution >= 0.6 is 23.2 Å². The maximum absolute atomic E-state index is 6.06. The van der Waals surface area contributed by atoms with Crippen molar-refractivity contribution in [3.8, 4) is 0 Å². The fraction of sp³-hybridized carbons (Fsp3) is 0.333. The van der Waals surface area contributed by atoms with Crippen molar-refractivity contribution < 1.29 is 4.42 Å². The average molecular weight is 273 g/mol. The number of nitrogens with one attached hydrogen (secondary N) is 1. The lowest BCUT2D eigenvalue weighted by atomic mass is 10.1. The zero-order valence-electron chi connectivity index (χ0n) is 9.25. The van der Waals surface area contributed by atoms with Gasteiger partial charge in [-0.25, -0.2) is 5.43 Å². The molecule has 1 unspecified atom stereocenters. The molecule has 0 saturated carbocycles. The van der Waals surface area contributed by atoms with E-state index in [4.69, 9.17) is 33.5 Å².